The predicted molar refractivity (Wildman–Crippen MR) is 84.4 cm³/mol. The molecular weight excluding hydrogens is 262 g/mol. The first-order valence-electron chi connectivity index (χ1n) is 7.07. The fourth-order valence-electron chi connectivity index (χ4n) is 2.03. The summed E-state index contributed by atoms with van der Waals surface area (Å²) in [5.74, 6) is 0.610. The van der Waals surface area contributed by atoms with Crippen LogP contribution in [-0.4, -0.2) is 12.5 Å². The van der Waals surface area contributed by atoms with Crippen molar-refractivity contribution in [3.63, 3.8) is 0 Å². The van der Waals surface area contributed by atoms with Crippen molar-refractivity contribution < 1.29 is 9.53 Å². The van der Waals surface area contributed by atoms with Crippen LogP contribution in [0.25, 0.3) is 0 Å². The molecule has 2 aromatic rings. The molecule has 0 heterocycles. The first-order valence-corrected chi connectivity index (χ1v) is 7.07. The summed E-state index contributed by atoms with van der Waals surface area (Å²) in [6, 6.07) is 13.9. The molecule has 0 spiro atoms. The van der Waals surface area contributed by atoms with Crippen LogP contribution in [0.15, 0.2) is 42.5 Å². The Balaban J connectivity index is 1.80. The summed E-state index contributed by atoms with van der Waals surface area (Å²) in [5.41, 5.74) is 4.65. The largest absolute Gasteiger partial charge is 0.484 e. The highest BCUT2D eigenvalue weighted by atomic mass is 16.5. The molecule has 0 aliphatic carbocycles. The number of carbonyl (C=O) groups excluding carboxylic acids is 1. The molecule has 0 fully saturated rings. The second kappa shape index (κ2) is 6.93. The number of nitrogens with one attached hydrogen (secondary N) is 1. The molecule has 3 nitrogen and oxygen atoms in total. The molecular formula is C18H21NO2. The third-order valence-corrected chi connectivity index (χ3v) is 3.42. The highest BCUT2D eigenvalue weighted by Gasteiger charge is 2.04. The minimum Gasteiger partial charge on any atom is -0.484 e. The number of amides is 1. The predicted octanol–water partition coefficient (Wildman–Crippen LogP) is 3.31. The Morgan fingerprint density at radius 1 is 1.05 bits per heavy atom. The highest BCUT2D eigenvalue weighted by Crippen LogP contribution is 2.16. The summed E-state index contributed by atoms with van der Waals surface area (Å²) in [7, 11) is 0. The summed E-state index contributed by atoms with van der Waals surface area (Å²) in [5, 5.41) is 2.86. The molecule has 0 saturated heterocycles. The maximum atomic E-state index is 11.8. The van der Waals surface area contributed by atoms with Crippen LogP contribution in [0.1, 0.15) is 22.3 Å². The van der Waals surface area contributed by atoms with Gasteiger partial charge in [-0.05, 0) is 49.6 Å². The molecule has 0 aromatic heterocycles. The lowest BCUT2D eigenvalue weighted by Gasteiger charge is -2.09. The van der Waals surface area contributed by atoms with Crippen molar-refractivity contribution in [2.75, 3.05) is 6.61 Å². The molecule has 0 aliphatic rings. The number of aryl methyl sites for hydroxylation is 3. The lowest BCUT2D eigenvalue weighted by molar-refractivity contribution is -0.123. The molecule has 0 bridgehead atoms. The standard InChI is InChI=1S/C18H21NO2/c1-13-5-4-6-16(9-13)11-19-18(20)12-21-17-8-7-14(2)15(3)10-17/h4-10H,11-12H2,1-3H3,(H,19,20). The molecule has 0 unspecified atom stereocenters. The Hall–Kier alpha value is -2.29. The lowest BCUT2D eigenvalue weighted by Crippen LogP contribution is -2.28. The van der Waals surface area contributed by atoms with Gasteiger partial charge >= 0.3 is 0 Å². The van der Waals surface area contributed by atoms with Crippen LogP contribution in [0, 0.1) is 20.8 Å². The number of benzene rings is 2. The van der Waals surface area contributed by atoms with Gasteiger partial charge in [0, 0.05) is 6.54 Å². The SMILES string of the molecule is Cc1cccc(CNC(=O)COc2ccc(C)c(C)c2)c1. The van der Waals surface area contributed by atoms with E-state index in [2.05, 4.69) is 11.4 Å². The van der Waals surface area contributed by atoms with E-state index in [1.54, 1.807) is 0 Å². The molecule has 2 aromatic carbocycles. The first kappa shape index (κ1) is 15.1. The molecule has 0 radical (unpaired) electrons. The Morgan fingerprint density at radius 3 is 2.57 bits per heavy atom. The van der Waals surface area contributed by atoms with Crippen LogP contribution in [0.5, 0.6) is 5.75 Å². The molecule has 1 N–H and O–H groups in total. The maximum Gasteiger partial charge on any atom is 0.258 e. The second-order valence-corrected chi connectivity index (χ2v) is 5.30. The van der Waals surface area contributed by atoms with E-state index in [1.807, 2.05) is 57.2 Å². The molecule has 3 heteroatoms. The summed E-state index contributed by atoms with van der Waals surface area (Å²) in [6.45, 7) is 6.67. The van der Waals surface area contributed by atoms with Gasteiger partial charge in [-0.2, -0.15) is 0 Å². The zero-order valence-corrected chi connectivity index (χ0v) is 12.8. The summed E-state index contributed by atoms with van der Waals surface area (Å²) in [4.78, 5) is 11.8. The van der Waals surface area contributed by atoms with Gasteiger partial charge < -0.3 is 10.1 Å². The Bertz CT molecular complexity index is 635. The van der Waals surface area contributed by atoms with Crippen molar-refractivity contribution >= 4 is 5.91 Å². The van der Waals surface area contributed by atoms with Crippen LogP contribution in [0.3, 0.4) is 0 Å². The molecule has 1 amide bonds. The van der Waals surface area contributed by atoms with E-state index >= 15 is 0 Å². The van der Waals surface area contributed by atoms with Gasteiger partial charge in [-0.3, -0.25) is 4.79 Å². The van der Waals surface area contributed by atoms with E-state index in [-0.39, 0.29) is 12.5 Å². The number of hydrogen-bond acceptors (Lipinski definition) is 2. The summed E-state index contributed by atoms with van der Waals surface area (Å²) >= 11 is 0. The van der Waals surface area contributed by atoms with Crippen molar-refractivity contribution in [2.45, 2.75) is 27.3 Å². The van der Waals surface area contributed by atoms with E-state index in [9.17, 15) is 4.79 Å². The van der Waals surface area contributed by atoms with E-state index < -0.39 is 0 Å². The number of ether oxygens (including phenoxy) is 1. The topological polar surface area (TPSA) is 38.3 Å². The average Bonchev–Trinajstić information content (AvgIpc) is 2.46. The third-order valence-electron chi connectivity index (χ3n) is 3.42. The van der Waals surface area contributed by atoms with E-state index in [0.717, 1.165) is 16.9 Å². The van der Waals surface area contributed by atoms with E-state index in [1.165, 1.54) is 11.1 Å². The van der Waals surface area contributed by atoms with Crippen molar-refractivity contribution in [1.82, 2.24) is 5.32 Å². The van der Waals surface area contributed by atoms with Gasteiger partial charge in [-0.15, -0.1) is 0 Å². The molecule has 0 saturated carbocycles. The molecule has 110 valence electrons. The lowest BCUT2D eigenvalue weighted by atomic mass is 10.1. The van der Waals surface area contributed by atoms with Gasteiger partial charge in [-0.1, -0.05) is 35.9 Å². The Morgan fingerprint density at radius 2 is 1.86 bits per heavy atom. The molecule has 0 atom stereocenters. The van der Waals surface area contributed by atoms with Crippen LogP contribution in [-0.2, 0) is 11.3 Å². The highest BCUT2D eigenvalue weighted by molar-refractivity contribution is 5.77. The van der Waals surface area contributed by atoms with Gasteiger partial charge in [0.25, 0.3) is 5.91 Å². The normalized spacial score (nSPS) is 10.2. The van der Waals surface area contributed by atoms with Gasteiger partial charge in [0.15, 0.2) is 6.61 Å². The smallest absolute Gasteiger partial charge is 0.258 e. The number of carbonyl (C=O) groups is 1. The zero-order valence-electron chi connectivity index (χ0n) is 12.8. The van der Waals surface area contributed by atoms with E-state index in [0.29, 0.717) is 6.54 Å². The minimum absolute atomic E-state index is 0.0360. The Kier molecular flexibility index (Phi) is 4.99. The number of hydrogen-bond donors (Lipinski definition) is 1. The van der Waals surface area contributed by atoms with Crippen molar-refractivity contribution in [2.24, 2.45) is 0 Å². The van der Waals surface area contributed by atoms with Gasteiger partial charge in [-0.25, -0.2) is 0 Å². The van der Waals surface area contributed by atoms with Crippen LogP contribution in [0.2, 0.25) is 0 Å². The minimum atomic E-state index is -0.116. The quantitative estimate of drug-likeness (QED) is 0.914. The van der Waals surface area contributed by atoms with Gasteiger partial charge in [0.1, 0.15) is 5.75 Å². The van der Waals surface area contributed by atoms with Crippen LogP contribution < -0.4 is 10.1 Å². The first-order chi connectivity index (χ1) is 10.0. The fraction of sp³-hybridized carbons (Fsp3) is 0.278. The second-order valence-electron chi connectivity index (χ2n) is 5.30. The third kappa shape index (κ3) is 4.63. The summed E-state index contributed by atoms with van der Waals surface area (Å²) < 4.78 is 5.50. The molecule has 2 rings (SSSR count). The van der Waals surface area contributed by atoms with Crippen molar-refractivity contribution in [3.05, 3.63) is 64.7 Å². The van der Waals surface area contributed by atoms with Crippen LogP contribution in [0.4, 0.5) is 0 Å². The average molecular weight is 283 g/mol. The molecule has 0 aliphatic heterocycles. The maximum absolute atomic E-state index is 11.8. The fourth-order valence-corrected chi connectivity index (χ4v) is 2.03. The monoisotopic (exact) mass is 283 g/mol. The van der Waals surface area contributed by atoms with Crippen molar-refractivity contribution in [3.8, 4) is 5.75 Å². The molecule has 21 heavy (non-hydrogen) atoms. The van der Waals surface area contributed by atoms with Crippen LogP contribution >= 0.6 is 0 Å². The van der Waals surface area contributed by atoms with E-state index in [4.69, 9.17) is 4.74 Å². The zero-order chi connectivity index (χ0) is 15.2. The summed E-state index contributed by atoms with van der Waals surface area (Å²) in [6.07, 6.45) is 0. The van der Waals surface area contributed by atoms with Gasteiger partial charge in [0.2, 0.25) is 0 Å². The Labute approximate surface area is 126 Å². The van der Waals surface area contributed by atoms with Gasteiger partial charge in [0.05, 0.1) is 0 Å². The number of rotatable bonds is 5. The van der Waals surface area contributed by atoms with Crippen molar-refractivity contribution in [1.29, 1.82) is 0 Å².